The molecule has 0 unspecified atom stereocenters. The molecule has 8 nitrogen and oxygen atoms in total. The van der Waals surface area contributed by atoms with Crippen molar-refractivity contribution in [2.24, 2.45) is 0 Å². The van der Waals surface area contributed by atoms with Gasteiger partial charge in [-0.25, -0.2) is 13.4 Å². The molecule has 0 aliphatic rings. The first-order chi connectivity index (χ1) is 17.0. The van der Waals surface area contributed by atoms with E-state index in [1.165, 1.54) is 24.3 Å². The predicted octanol–water partition coefficient (Wildman–Crippen LogP) is 4.38. The molecular formula is C24H26F3N3O5S. The SMILES string of the molecule is C[C@@H](OCc1ccccc1)[C@@H](C)Oc1nc(Nc2ccc(S(=O)(=O)CCO)cc2)ncc1C(F)(F)F. The van der Waals surface area contributed by atoms with E-state index in [0.717, 1.165) is 5.56 Å². The molecule has 0 radical (unpaired) electrons. The summed E-state index contributed by atoms with van der Waals surface area (Å²) in [6.07, 6.45) is -5.45. The van der Waals surface area contributed by atoms with Crippen molar-refractivity contribution < 1.29 is 36.2 Å². The normalized spacial score (nSPS) is 13.7. The van der Waals surface area contributed by atoms with Gasteiger partial charge in [0.05, 0.1) is 30.0 Å². The Hall–Kier alpha value is -3.22. The molecule has 3 rings (SSSR count). The molecule has 1 heterocycles. The van der Waals surface area contributed by atoms with Crippen LogP contribution in [0.3, 0.4) is 0 Å². The number of aliphatic hydroxyl groups excluding tert-OH is 1. The van der Waals surface area contributed by atoms with Crippen LogP contribution in [0.1, 0.15) is 25.0 Å². The summed E-state index contributed by atoms with van der Waals surface area (Å²) in [5, 5.41) is 11.6. The Kier molecular flexibility index (Phi) is 8.88. The van der Waals surface area contributed by atoms with Crippen LogP contribution in [0.25, 0.3) is 0 Å². The molecule has 0 aliphatic carbocycles. The quantitative estimate of drug-likeness (QED) is 0.380. The van der Waals surface area contributed by atoms with Crippen molar-refractivity contribution in [1.82, 2.24) is 9.97 Å². The van der Waals surface area contributed by atoms with Gasteiger partial charge in [0.1, 0.15) is 11.7 Å². The first kappa shape index (κ1) is 27.4. The average Bonchev–Trinajstić information content (AvgIpc) is 2.83. The molecule has 1 aromatic heterocycles. The summed E-state index contributed by atoms with van der Waals surface area (Å²) in [5.74, 6) is -1.26. The molecule has 2 N–H and O–H groups in total. The van der Waals surface area contributed by atoms with Gasteiger partial charge in [0.15, 0.2) is 9.84 Å². The first-order valence-electron chi connectivity index (χ1n) is 11.0. The van der Waals surface area contributed by atoms with Gasteiger partial charge in [-0.05, 0) is 43.7 Å². The van der Waals surface area contributed by atoms with Crippen LogP contribution in [0.2, 0.25) is 0 Å². The lowest BCUT2D eigenvalue weighted by Gasteiger charge is -2.23. The molecule has 3 aromatic rings. The number of rotatable bonds is 11. The van der Waals surface area contributed by atoms with E-state index in [9.17, 15) is 21.6 Å². The summed E-state index contributed by atoms with van der Waals surface area (Å²) in [7, 11) is -3.64. The van der Waals surface area contributed by atoms with Gasteiger partial charge in [0.25, 0.3) is 0 Å². The molecule has 2 aromatic carbocycles. The zero-order valence-electron chi connectivity index (χ0n) is 19.6. The number of nitrogens with zero attached hydrogens (tertiary/aromatic N) is 2. The Bertz CT molecular complexity index is 1240. The van der Waals surface area contributed by atoms with Crippen LogP contribution < -0.4 is 10.1 Å². The number of aliphatic hydroxyl groups is 1. The van der Waals surface area contributed by atoms with Crippen molar-refractivity contribution >= 4 is 21.5 Å². The minimum atomic E-state index is -4.75. The van der Waals surface area contributed by atoms with Gasteiger partial charge in [0, 0.05) is 11.9 Å². The molecule has 0 spiro atoms. The van der Waals surface area contributed by atoms with Crippen LogP contribution >= 0.6 is 0 Å². The van der Waals surface area contributed by atoms with Gasteiger partial charge in [-0.2, -0.15) is 18.2 Å². The number of anilines is 2. The fraction of sp³-hybridized carbons (Fsp3) is 0.333. The van der Waals surface area contributed by atoms with Crippen molar-refractivity contribution in [3.8, 4) is 5.88 Å². The minimum Gasteiger partial charge on any atom is -0.471 e. The average molecular weight is 526 g/mol. The monoisotopic (exact) mass is 525 g/mol. The zero-order chi connectivity index (χ0) is 26.3. The second kappa shape index (κ2) is 11.7. The highest BCUT2D eigenvalue weighted by Crippen LogP contribution is 2.36. The zero-order valence-corrected chi connectivity index (χ0v) is 20.4. The highest BCUT2D eigenvalue weighted by Gasteiger charge is 2.37. The van der Waals surface area contributed by atoms with E-state index in [1.807, 2.05) is 30.3 Å². The van der Waals surface area contributed by atoms with Crippen molar-refractivity contribution in [2.45, 2.75) is 43.7 Å². The molecule has 0 saturated heterocycles. The predicted molar refractivity (Wildman–Crippen MR) is 127 cm³/mol. The van der Waals surface area contributed by atoms with Gasteiger partial charge < -0.3 is 19.9 Å². The summed E-state index contributed by atoms with van der Waals surface area (Å²) in [4.78, 5) is 7.63. The highest BCUT2D eigenvalue weighted by atomic mass is 32.2. The smallest absolute Gasteiger partial charge is 0.423 e. The molecule has 36 heavy (non-hydrogen) atoms. The van der Waals surface area contributed by atoms with Crippen LogP contribution in [0.15, 0.2) is 65.7 Å². The third-order valence-corrected chi connectivity index (χ3v) is 6.91. The summed E-state index contributed by atoms with van der Waals surface area (Å²) in [6.45, 7) is 3.02. The number of hydrogen-bond donors (Lipinski definition) is 2. The minimum absolute atomic E-state index is 0.00206. The van der Waals surface area contributed by atoms with Crippen molar-refractivity contribution in [2.75, 3.05) is 17.7 Å². The second-order valence-corrected chi connectivity index (χ2v) is 10.0. The van der Waals surface area contributed by atoms with Gasteiger partial charge >= 0.3 is 6.18 Å². The largest absolute Gasteiger partial charge is 0.471 e. The summed E-state index contributed by atoms with van der Waals surface area (Å²) >= 11 is 0. The summed E-state index contributed by atoms with van der Waals surface area (Å²) in [6, 6.07) is 14.8. The molecule has 194 valence electrons. The van der Waals surface area contributed by atoms with Crippen LogP contribution in [0.5, 0.6) is 5.88 Å². The van der Waals surface area contributed by atoms with E-state index in [4.69, 9.17) is 14.6 Å². The fourth-order valence-electron chi connectivity index (χ4n) is 3.03. The number of ether oxygens (including phenoxy) is 2. The topological polar surface area (TPSA) is 111 Å². The standard InChI is InChI=1S/C24H26F3N3O5S/c1-16(34-15-18-6-4-3-5-7-18)17(2)35-22-21(24(25,26)27)14-28-23(30-22)29-19-8-10-20(11-9-19)36(32,33)13-12-31/h3-11,14,16-17,31H,12-13,15H2,1-2H3,(H,28,29,30)/t16-,17-/m1/s1. The lowest BCUT2D eigenvalue weighted by Crippen LogP contribution is -2.30. The number of halogens is 3. The maximum absolute atomic E-state index is 13.6. The van der Waals surface area contributed by atoms with E-state index in [2.05, 4.69) is 15.3 Å². The molecule has 0 amide bonds. The van der Waals surface area contributed by atoms with Gasteiger partial charge in [0.2, 0.25) is 11.8 Å². The van der Waals surface area contributed by atoms with Crippen molar-refractivity contribution in [3.05, 3.63) is 71.9 Å². The molecule has 0 aliphatic heterocycles. The Morgan fingerprint density at radius 2 is 1.69 bits per heavy atom. The third-order valence-electron chi connectivity index (χ3n) is 5.20. The molecule has 0 saturated carbocycles. The van der Waals surface area contributed by atoms with E-state index in [0.29, 0.717) is 11.9 Å². The number of hydrogen-bond acceptors (Lipinski definition) is 8. The third kappa shape index (κ3) is 7.39. The number of benzene rings is 2. The lowest BCUT2D eigenvalue weighted by molar-refractivity contribution is -0.140. The Balaban J connectivity index is 1.75. The number of nitrogens with one attached hydrogen (secondary N) is 1. The van der Waals surface area contributed by atoms with Crippen molar-refractivity contribution in [1.29, 1.82) is 0 Å². The van der Waals surface area contributed by atoms with E-state index < -0.39 is 52.0 Å². The van der Waals surface area contributed by atoms with Crippen LogP contribution in [0.4, 0.5) is 24.8 Å². The fourth-order valence-corrected chi connectivity index (χ4v) is 4.06. The number of sulfone groups is 1. The van der Waals surface area contributed by atoms with Gasteiger partial charge in [-0.15, -0.1) is 0 Å². The Morgan fingerprint density at radius 1 is 1.03 bits per heavy atom. The number of alkyl halides is 3. The van der Waals surface area contributed by atoms with E-state index in [-0.39, 0.29) is 17.5 Å². The second-order valence-electron chi connectivity index (χ2n) is 7.93. The molecule has 2 atom stereocenters. The van der Waals surface area contributed by atoms with Crippen LogP contribution in [-0.4, -0.2) is 48.1 Å². The summed E-state index contributed by atoms with van der Waals surface area (Å²) in [5.41, 5.74) is 0.119. The molecule has 0 bridgehead atoms. The maximum Gasteiger partial charge on any atom is 0.423 e. The molecule has 12 heteroatoms. The molecular weight excluding hydrogens is 499 g/mol. The highest BCUT2D eigenvalue weighted by molar-refractivity contribution is 7.91. The maximum atomic E-state index is 13.6. The van der Waals surface area contributed by atoms with Gasteiger partial charge in [-0.1, -0.05) is 30.3 Å². The van der Waals surface area contributed by atoms with E-state index in [1.54, 1.807) is 13.8 Å². The Morgan fingerprint density at radius 3 is 2.31 bits per heavy atom. The van der Waals surface area contributed by atoms with Crippen LogP contribution in [0, 0.1) is 0 Å². The Labute approximate surface area is 207 Å². The summed E-state index contributed by atoms with van der Waals surface area (Å²) < 4.78 is 76.0. The molecule has 0 fully saturated rings. The first-order valence-corrected chi connectivity index (χ1v) is 12.6. The van der Waals surface area contributed by atoms with E-state index >= 15 is 0 Å². The number of aromatic nitrogens is 2. The lowest BCUT2D eigenvalue weighted by atomic mass is 10.2. The van der Waals surface area contributed by atoms with Gasteiger partial charge in [-0.3, -0.25) is 0 Å². The van der Waals surface area contributed by atoms with Crippen molar-refractivity contribution in [3.63, 3.8) is 0 Å². The van der Waals surface area contributed by atoms with Crippen LogP contribution in [-0.2, 0) is 27.4 Å².